The van der Waals surface area contributed by atoms with Gasteiger partial charge in [0.15, 0.2) is 0 Å². The van der Waals surface area contributed by atoms with Crippen LogP contribution >= 0.6 is 0 Å². The first-order valence-electron chi connectivity index (χ1n) is 10.7. The van der Waals surface area contributed by atoms with Gasteiger partial charge in [0.1, 0.15) is 0 Å². The minimum absolute atomic E-state index is 0.822. The van der Waals surface area contributed by atoms with Gasteiger partial charge in [0.25, 0.3) is 0 Å². The molecule has 0 bridgehead atoms. The van der Waals surface area contributed by atoms with E-state index in [1.54, 1.807) is 0 Å². The molecule has 0 aliphatic heterocycles. The highest BCUT2D eigenvalue weighted by molar-refractivity contribution is 5.63. The number of hydrogen-bond donors (Lipinski definition) is 0. The van der Waals surface area contributed by atoms with Crippen LogP contribution in [0.15, 0.2) is 48.5 Å². The molecule has 2 rings (SSSR count). The largest absolute Gasteiger partial charge is 0.0654 e. The lowest BCUT2D eigenvalue weighted by Crippen LogP contribution is -2.09. The third kappa shape index (κ3) is 6.63. The molecule has 2 aromatic carbocycles. The fourth-order valence-electron chi connectivity index (χ4n) is 3.74. The van der Waals surface area contributed by atoms with Gasteiger partial charge in [0.2, 0.25) is 0 Å². The van der Waals surface area contributed by atoms with E-state index in [1.807, 2.05) is 0 Å². The standard InChI is InChI=1S/C26H38/c1-6-7-22(4)23(5)12-8-20(2)9-13-24-14-18-26(19-15-24)25-16-10-21(3)11-17-25/h10-11,14-20,22-23H,6-9,12-13H2,1-5H3. The minimum Gasteiger partial charge on any atom is -0.0654 e. The maximum Gasteiger partial charge on any atom is -0.0184 e. The van der Waals surface area contributed by atoms with Gasteiger partial charge in [-0.15, -0.1) is 0 Å². The molecule has 0 saturated heterocycles. The Hall–Kier alpha value is -1.56. The maximum atomic E-state index is 2.44. The monoisotopic (exact) mass is 350 g/mol. The van der Waals surface area contributed by atoms with Crippen molar-refractivity contribution in [1.29, 1.82) is 0 Å². The van der Waals surface area contributed by atoms with E-state index >= 15 is 0 Å². The fourth-order valence-corrected chi connectivity index (χ4v) is 3.74. The molecule has 0 saturated carbocycles. The predicted molar refractivity (Wildman–Crippen MR) is 117 cm³/mol. The third-order valence-electron chi connectivity index (χ3n) is 6.09. The summed E-state index contributed by atoms with van der Waals surface area (Å²) in [6.45, 7) is 11.7. The highest BCUT2D eigenvalue weighted by atomic mass is 14.2. The summed E-state index contributed by atoms with van der Waals surface area (Å²) in [5.74, 6) is 2.57. The highest BCUT2D eigenvalue weighted by Crippen LogP contribution is 2.25. The van der Waals surface area contributed by atoms with Gasteiger partial charge in [-0.1, -0.05) is 107 Å². The van der Waals surface area contributed by atoms with Gasteiger partial charge in [-0.3, -0.25) is 0 Å². The van der Waals surface area contributed by atoms with Crippen molar-refractivity contribution >= 4 is 0 Å². The zero-order valence-corrected chi connectivity index (χ0v) is 17.6. The van der Waals surface area contributed by atoms with Crippen LogP contribution in [0.3, 0.4) is 0 Å². The zero-order chi connectivity index (χ0) is 18.9. The van der Waals surface area contributed by atoms with E-state index in [1.165, 1.54) is 60.8 Å². The number of rotatable bonds is 10. The molecule has 26 heavy (non-hydrogen) atoms. The lowest BCUT2D eigenvalue weighted by atomic mass is 9.85. The van der Waals surface area contributed by atoms with Gasteiger partial charge in [-0.05, 0) is 54.2 Å². The Morgan fingerprint density at radius 3 is 1.77 bits per heavy atom. The van der Waals surface area contributed by atoms with Crippen LogP contribution in [0.5, 0.6) is 0 Å². The first-order chi connectivity index (χ1) is 12.5. The topological polar surface area (TPSA) is 0 Å². The summed E-state index contributed by atoms with van der Waals surface area (Å²) < 4.78 is 0. The summed E-state index contributed by atoms with van der Waals surface area (Å²) in [5, 5.41) is 0. The Morgan fingerprint density at radius 1 is 0.654 bits per heavy atom. The van der Waals surface area contributed by atoms with Crippen molar-refractivity contribution in [3.63, 3.8) is 0 Å². The van der Waals surface area contributed by atoms with Crippen LogP contribution < -0.4 is 0 Å². The van der Waals surface area contributed by atoms with E-state index in [-0.39, 0.29) is 0 Å². The van der Waals surface area contributed by atoms with E-state index in [0.717, 1.165) is 17.8 Å². The fraction of sp³-hybridized carbons (Fsp3) is 0.538. The van der Waals surface area contributed by atoms with Crippen LogP contribution in [-0.4, -0.2) is 0 Å². The van der Waals surface area contributed by atoms with Crippen molar-refractivity contribution in [1.82, 2.24) is 0 Å². The molecular weight excluding hydrogens is 312 g/mol. The van der Waals surface area contributed by atoms with Crippen LogP contribution in [0.2, 0.25) is 0 Å². The van der Waals surface area contributed by atoms with Gasteiger partial charge < -0.3 is 0 Å². The lowest BCUT2D eigenvalue weighted by Gasteiger charge is -2.21. The molecule has 0 radical (unpaired) electrons. The van der Waals surface area contributed by atoms with Crippen molar-refractivity contribution < 1.29 is 0 Å². The normalized spacial score (nSPS) is 14.8. The van der Waals surface area contributed by atoms with Crippen LogP contribution in [0.1, 0.15) is 70.9 Å². The Balaban J connectivity index is 1.77. The van der Waals surface area contributed by atoms with Crippen LogP contribution in [-0.2, 0) is 6.42 Å². The summed E-state index contributed by atoms with van der Waals surface area (Å²) in [6, 6.07) is 18.0. The Bertz CT molecular complexity index is 620. The van der Waals surface area contributed by atoms with Crippen LogP contribution in [0.4, 0.5) is 0 Å². The molecule has 0 N–H and O–H groups in total. The molecule has 3 unspecified atom stereocenters. The summed E-state index contributed by atoms with van der Waals surface area (Å²) in [6.07, 6.45) is 7.96. The first kappa shape index (κ1) is 20.7. The van der Waals surface area contributed by atoms with Crippen molar-refractivity contribution in [2.45, 2.75) is 73.1 Å². The molecule has 2 aromatic rings. The first-order valence-corrected chi connectivity index (χ1v) is 10.7. The smallest absolute Gasteiger partial charge is 0.0184 e. The average Bonchev–Trinajstić information content (AvgIpc) is 2.65. The molecule has 0 amide bonds. The van der Waals surface area contributed by atoms with E-state index in [2.05, 4.69) is 83.1 Å². The maximum absolute atomic E-state index is 2.44. The zero-order valence-electron chi connectivity index (χ0n) is 17.6. The average molecular weight is 351 g/mol. The second-order valence-corrected chi connectivity index (χ2v) is 8.53. The van der Waals surface area contributed by atoms with Gasteiger partial charge in [0, 0.05) is 0 Å². The predicted octanol–water partition coefficient (Wildman–Crippen LogP) is 8.08. The quantitative estimate of drug-likeness (QED) is 0.406. The van der Waals surface area contributed by atoms with Crippen LogP contribution in [0.25, 0.3) is 11.1 Å². The molecule has 0 aliphatic carbocycles. The van der Waals surface area contributed by atoms with Gasteiger partial charge >= 0.3 is 0 Å². The van der Waals surface area contributed by atoms with Crippen LogP contribution in [0, 0.1) is 24.7 Å². The third-order valence-corrected chi connectivity index (χ3v) is 6.09. The Kier molecular flexibility index (Phi) is 8.42. The second-order valence-electron chi connectivity index (χ2n) is 8.53. The molecule has 0 nitrogen and oxygen atoms in total. The van der Waals surface area contributed by atoms with E-state index in [9.17, 15) is 0 Å². The molecule has 0 aromatic heterocycles. The molecular formula is C26H38. The van der Waals surface area contributed by atoms with E-state index in [4.69, 9.17) is 0 Å². The summed E-state index contributed by atoms with van der Waals surface area (Å²) in [5.41, 5.74) is 5.42. The van der Waals surface area contributed by atoms with Crippen molar-refractivity contribution in [3.05, 3.63) is 59.7 Å². The molecule has 142 valence electrons. The Morgan fingerprint density at radius 2 is 1.19 bits per heavy atom. The molecule has 0 heteroatoms. The molecule has 0 fully saturated rings. The number of benzene rings is 2. The number of aryl methyl sites for hydroxylation is 2. The van der Waals surface area contributed by atoms with Gasteiger partial charge in [-0.2, -0.15) is 0 Å². The molecule has 0 aliphatic rings. The summed E-state index contributed by atoms with van der Waals surface area (Å²) in [4.78, 5) is 0. The van der Waals surface area contributed by atoms with Gasteiger partial charge in [0.05, 0.1) is 0 Å². The number of hydrogen-bond acceptors (Lipinski definition) is 0. The summed E-state index contributed by atoms with van der Waals surface area (Å²) in [7, 11) is 0. The highest BCUT2D eigenvalue weighted by Gasteiger charge is 2.13. The molecule has 0 heterocycles. The lowest BCUT2D eigenvalue weighted by molar-refractivity contribution is 0.310. The van der Waals surface area contributed by atoms with Crippen molar-refractivity contribution in [3.8, 4) is 11.1 Å². The summed E-state index contributed by atoms with van der Waals surface area (Å²) >= 11 is 0. The van der Waals surface area contributed by atoms with E-state index < -0.39 is 0 Å². The van der Waals surface area contributed by atoms with E-state index in [0.29, 0.717) is 0 Å². The second kappa shape index (κ2) is 10.6. The van der Waals surface area contributed by atoms with Crippen molar-refractivity contribution in [2.24, 2.45) is 17.8 Å². The van der Waals surface area contributed by atoms with Crippen molar-refractivity contribution in [2.75, 3.05) is 0 Å². The molecule has 3 atom stereocenters. The SMILES string of the molecule is CCCC(C)C(C)CCC(C)CCc1ccc(-c2ccc(C)cc2)cc1. The molecule has 0 spiro atoms. The Labute approximate surface area is 162 Å². The minimum atomic E-state index is 0.822. The van der Waals surface area contributed by atoms with Gasteiger partial charge in [-0.25, -0.2) is 0 Å².